The molecule has 0 spiro atoms. The molecule has 0 bridgehead atoms. The number of rotatable bonds is 13. The smallest absolute Gasteiger partial charge is 0.305 e. The average molecular weight is 552 g/mol. The molecule has 0 aromatic heterocycles. The van der Waals surface area contributed by atoms with Crippen LogP contribution in [0.2, 0.25) is 0 Å². The van der Waals surface area contributed by atoms with Crippen LogP contribution in [0.15, 0.2) is 66.7 Å². The summed E-state index contributed by atoms with van der Waals surface area (Å²) in [5.74, 6) is -0.772. The Kier molecular flexibility index (Phi) is 10.3. The molecule has 1 aliphatic rings. The van der Waals surface area contributed by atoms with Gasteiger partial charge in [-0.1, -0.05) is 30.3 Å². The number of carbonyl (C=O) groups excluding carboxylic acids is 1. The van der Waals surface area contributed by atoms with Crippen molar-refractivity contribution in [2.24, 2.45) is 0 Å². The van der Waals surface area contributed by atoms with E-state index in [1.165, 1.54) is 24.3 Å². The summed E-state index contributed by atoms with van der Waals surface area (Å²) in [5, 5.41) is 11.3. The van der Waals surface area contributed by atoms with E-state index in [-0.39, 0.29) is 29.3 Å². The fourth-order valence-electron chi connectivity index (χ4n) is 5.27. The van der Waals surface area contributed by atoms with E-state index >= 15 is 0 Å². The van der Waals surface area contributed by atoms with E-state index in [9.17, 15) is 23.7 Å². The van der Waals surface area contributed by atoms with Crippen LogP contribution >= 0.6 is 0 Å². The number of halogens is 2. The predicted octanol–water partition coefficient (Wildman–Crippen LogP) is 5.69. The van der Waals surface area contributed by atoms with Crippen LogP contribution < -0.4 is 0 Å². The molecule has 0 saturated carbocycles. The van der Waals surface area contributed by atoms with Gasteiger partial charge in [-0.05, 0) is 79.3 Å². The monoisotopic (exact) mass is 551 g/mol. The second-order valence-corrected chi connectivity index (χ2v) is 10.2. The number of ether oxygens (including phenoxy) is 1. The molecule has 0 N–H and O–H groups in total. The SMILES string of the molecule is CCOC(=O)CCCN(CCN1Cc2ccc(F)cc2CC1Cc1ccc(F)cc1)Cc1cccc([N+](=O)[O-])c1. The van der Waals surface area contributed by atoms with E-state index in [0.717, 1.165) is 22.3 Å². The quantitative estimate of drug-likeness (QED) is 0.154. The van der Waals surface area contributed by atoms with Gasteiger partial charge in [0.25, 0.3) is 5.69 Å². The molecule has 1 atom stereocenters. The lowest BCUT2D eigenvalue weighted by molar-refractivity contribution is -0.384. The van der Waals surface area contributed by atoms with E-state index in [2.05, 4.69) is 9.80 Å². The molecular formula is C31H35F2N3O4. The van der Waals surface area contributed by atoms with Crippen molar-refractivity contribution in [3.8, 4) is 0 Å². The molecule has 0 amide bonds. The number of nitrogens with zero attached hydrogens (tertiary/aromatic N) is 3. The topological polar surface area (TPSA) is 75.9 Å². The molecule has 212 valence electrons. The minimum absolute atomic E-state index is 0.0446. The Bertz CT molecular complexity index is 1300. The molecule has 40 heavy (non-hydrogen) atoms. The Hall–Kier alpha value is -3.69. The maximum atomic E-state index is 14.0. The summed E-state index contributed by atoms with van der Waals surface area (Å²) in [7, 11) is 0. The first kappa shape index (κ1) is 29.3. The summed E-state index contributed by atoms with van der Waals surface area (Å²) in [5.41, 5.74) is 3.96. The second-order valence-electron chi connectivity index (χ2n) is 10.2. The van der Waals surface area contributed by atoms with Crippen LogP contribution in [-0.2, 0) is 35.5 Å². The number of non-ortho nitro benzene ring substituents is 1. The van der Waals surface area contributed by atoms with Gasteiger partial charge in [-0.25, -0.2) is 8.78 Å². The van der Waals surface area contributed by atoms with Crippen molar-refractivity contribution in [3.63, 3.8) is 0 Å². The Morgan fingerprint density at radius 2 is 1.80 bits per heavy atom. The number of hydrogen-bond donors (Lipinski definition) is 0. The Morgan fingerprint density at radius 1 is 1.02 bits per heavy atom. The number of nitro groups is 1. The fraction of sp³-hybridized carbons (Fsp3) is 0.387. The van der Waals surface area contributed by atoms with E-state index in [1.807, 2.05) is 12.1 Å². The minimum atomic E-state index is -0.400. The zero-order valence-electron chi connectivity index (χ0n) is 22.7. The molecule has 0 fully saturated rings. The van der Waals surface area contributed by atoms with Gasteiger partial charge in [0, 0.05) is 50.8 Å². The van der Waals surface area contributed by atoms with Crippen LogP contribution in [-0.4, -0.2) is 53.0 Å². The van der Waals surface area contributed by atoms with Crippen molar-refractivity contribution in [1.82, 2.24) is 9.80 Å². The zero-order chi connectivity index (χ0) is 28.5. The fourth-order valence-corrected chi connectivity index (χ4v) is 5.27. The highest BCUT2D eigenvalue weighted by atomic mass is 19.1. The Morgan fingerprint density at radius 3 is 2.55 bits per heavy atom. The highest BCUT2D eigenvalue weighted by Gasteiger charge is 2.27. The summed E-state index contributed by atoms with van der Waals surface area (Å²) in [6.45, 7) is 5.28. The number of esters is 1. The normalized spacial score (nSPS) is 15.2. The van der Waals surface area contributed by atoms with Gasteiger partial charge in [-0.3, -0.25) is 24.7 Å². The van der Waals surface area contributed by atoms with Gasteiger partial charge in [0.2, 0.25) is 0 Å². The molecule has 3 aromatic rings. The van der Waals surface area contributed by atoms with Crippen LogP contribution in [0.25, 0.3) is 0 Å². The van der Waals surface area contributed by atoms with Crippen LogP contribution in [0.1, 0.15) is 42.0 Å². The maximum Gasteiger partial charge on any atom is 0.305 e. The number of hydrogen-bond acceptors (Lipinski definition) is 6. The predicted molar refractivity (Wildman–Crippen MR) is 149 cm³/mol. The zero-order valence-corrected chi connectivity index (χ0v) is 22.7. The second kappa shape index (κ2) is 14.1. The van der Waals surface area contributed by atoms with E-state index < -0.39 is 4.92 Å². The van der Waals surface area contributed by atoms with Gasteiger partial charge in [0.05, 0.1) is 11.5 Å². The van der Waals surface area contributed by atoms with Crippen LogP contribution in [0, 0.1) is 21.7 Å². The van der Waals surface area contributed by atoms with Gasteiger partial charge in [0.15, 0.2) is 0 Å². The minimum Gasteiger partial charge on any atom is -0.466 e. The molecule has 7 nitrogen and oxygen atoms in total. The first-order valence-corrected chi connectivity index (χ1v) is 13.7. The van der Waals surface area contributed by atoms with Gasteiger partial charge >= 0.3 is 5.97 Å². The standard InChI is InChI=1S/C31H35F2N3O4/c1-2-40-31(37)7-4-14-34(21-24-5-3-6-29(18-24)36(38)39)15-16-35-22-25-10-13-28(33)19-26(25)20-30(35)17-23-8-11-27(32)12-9-23/h3,5-6,8-13,18-19,30H,2,4,7,14-17,20-22H2,1H3. The molecule has 0 saturated heterocycles. The van der Waals surface area contributed by atoms with Crippen molar-refractivity contribution in [1.29, 1.82) is 0 Å². The van der Waals surface area contributed by atoms with Crippen molar-refractivity contribution in [2.45, 2.75) is 51.7 Å². The van der Waals surface area contributed by atoms with Gasteiger partial charge in [-0.15, -0.1) is 0 Å². The van der Waals surface area contributed by atoms with Crippen molar-refractivity contribution < 1.29 is 23.2 Å². The number of fused-ring (bicyclic) bond motifs is 1. The number of carbonyl (C=O) groups is 1. The number of benzene rings is 3. The van der Waals surface area contributed by atoms with E-state index in [4.69, 9.17) is 4.74 Å². The average Bonchev–Trinajstić information content (AvgIpc) is 2.93. The third-order valence-corrected chi connectivity index (χ3v) is 7.29. The molecule has 4 rings (SSSR count). The summed E-state index contributed by atoms with van der Waals surface area (Å²) in [6.07, 6.45) is 2.28. The highest BCUT2D eigenvalue weighted by molar-refractivity contribution is 5.69. The van der Waals surface area contributed by atoms with Gasteiger partial charge in [0.1, 0.15) is 11.6 Å². The van der Waals surface area contributed by atoms with E-state index in [0.29, 0.717) is 65.0 Å². The summed E-state index contributed by atoms with van der Waals surface area (Å²) in [4.78, 5) is 27.4. The highest BCUT2D eigenvalue weighted by Crippen LogP contribution is 2.27. The molecule has 1 aliphatic heterocycles. The van der Waals surface area contributed by atoms with Crippen LogP contribution in [0.3, 0.4) is 0 Å². The summed E-state index contributed by atoms with van der Waals surface area (Å²) < 4.78 is 32.6. The van der Waals surface area contributed by atoms with Gasteiger partial charge < -0.3 is 4.74 Å². The lowest BCUT2D eigenvalue weighted by atomic mass is 9.90. The summed E-state index contributed by atoms with van der Waals surface area (Å²) >= 11 is 0. The number of nitro benzene ring substituents is 1. The third-order valence-electron chi connectivity index (χ3n) is 7.29. The summed E-state index contributed by atoms with van der Waals surface area (Å²) in [6, 6.07) is 18.1. The van der Waals surface area contributed by atoms with Crippen molar-refractivity contribution >= 4 is 11.7 Å². The Labute approximate surface area is 233 Å². The molecule has 1 unspecified atom stereocenters. The van der Waals surface area contributed by atoms with Crippen LogP contribution in [0.4, 0.5) is 14.5 Å². The lowest BCUT2D eigenvalue weighted by Gasteiger charge is -2.38. The largest absolute Gasteiger partial charge is 0.466 e. The molecule has 3 aromatic carbocycles. The molecule has 0 aliphatic carbocycles. The van der Waals surface area contributed by atoms with Gasteiger partial charge in [-0.2, -0.15) is 0 Å². The molecule has 0 radical (unpaired) electrons. The van der Waals surface area contributed by atoms with Crippen molar-refractivity contribution in [3.05, 3.63) is 111 Å². The Balaban J connectivity index is 1.49. The third kappa shape index (κ3) is 8.40. The van der Waals surface area contributed by atoms with Crippen molar-refractivity contribution in [2.75, 3.05) is 26.2 Å². The van der Waals surface area contributed by atoms with E-state index in [1.54, 1.807) is 37.3 Å². The molecule has 9 heteroatoms. The first-order chi connectivity index (χ1) is 19.3. The maximum absolute atomic E-state index is 14.0. The molecule has 1 heterocycles. The molecular weight excluding hydrogens is 516 g/mol. The first-order valence-electron chi connectivity index (χ1n) is 13.7. The van der Waals surface area contributed by atoms with Crippen LogP contribution in [0.5, 0.6) is 0 Å². The lowest BCUT2D eigenvalue weighted by Crippen LogP contribution is -2.45.